The Morgan fingerprint density at radius 1 is 0.879 bits per heavy atom. The van der Waals surface area contributed by atoms with Crippen LogP contribution in [0.1, 0.15) is 35.3 Å². The number of benzene rings is 3. The van der Waals surface area contributed by atoms with Crippen LogP contribution >= 0.6 is 0 Å². The summed E-state index contributed by atoms with van der Waals surface area (Å²) in [7, 11) is 3.23. The summed E-state index contributed by atoms with van der Waals surface area (Å²) in [5.41, 5.74) is 5.92. The molecule has 4 aromatic rings. The molecule has 1 heterocycles. The molecule has 5 heteroatoms. The third kappa shape index (κ3) is 4.40. The molecule has 33 heavy (non-hydrogen) atoms. The van der Waals surface area contributed by atoms with Crippen molar-refractivity contribution < 1.29 is 14.3 Å². The smallest absolute Gasteiger partial charge is 0.256 e. The van der Waals surface area contributed by atoms with Crippen molar-refractivity contribution in [2.45, 2.75) is 26.7 Å². The van der Waals surface area contributed by atoms with Gasteiger partial charge in [0, 0.05) is 22.7 Å². The first-order chi connectivity index (χ1) is 16.1. The molecule has 0 spiro atoms. The van der Waals surface area contributed by atoms with Crippen LogP contribution in [0.4, 0.5) is 5.69 Å². The summed E-state index contributed by atoms with van der Waals surface area (Å²) in [5.74, 6) is 1.17. The molecule has 1 amide bonds. The van der Waals surface area contributed by atoms with E-state index in [4.69, 9.17) is 14.5 Å². The van der Waals surface area contributed by atoms with Crippen LogP contribution < -0.4 is 14.8 Å². The van der Waals surface area contributed by atoms with Crippen LogP contribution in [-0.2, 0) is 12.8 Å². The highest BCUT2D eigenvalue weighted by Crippen LogP contribution is 2.34. The van der Waals surface area contributed by atoms with Gasteiger partial charge in [-0.2, -0.15) is 0 Å². The molecular weight excluding hydrogens is 412 g/mol. The number of rotatable bonds is 7. The van der Waals surface area contributed by atoms with Crippen molar-refractivity contribution in [3.63, 3.8) is 0 Å². The number of carbonyl (C=O) groups excluding carboxylic acids is 1. The quantitative estimate of drug-likeness (QED) is 0.367. The predicted molar refractivity (Wildman–Crippen MR) is 133 cm³/mol. The van der Waals surface area contributed by atoms with Gasteiger partial charge in [0.05, 0.1) is 31.0 Å². The molecule has 0 saturated heterocycles. The van der Waals surface area contributed by atoms with Gasteiger partial charge in [0.1, 0.15) is 11.5 Å². The zero-order chi connectivity index (χ0) is 23.4. The van der Waals surface area contributed by atoms with Gasteiger partial charge in [-0.1, -0.05) is 50.2 Å². The van der Waals surface area contributed by atoms with Crippen LogP contribution in [0.2, 0.25) is 0 Å². The number of nitrogens with one attached hydrogen (secondary N) is 1. The highest BCUT2D eigenvalue weighted by atomic mass is 16.5. The lowest BCUT2D eigenvalue weighted by Gasteiger charge is -2.16. The zero-order valence-corrected chi connectivity index (χ0v) is 19.4. The number of fused-ring (bicyclic) bond motifs is 1. The highest BCUT2D eigenvalue weighted by Gasteiger charge is 2.18. The Kier molecular flexibility index (Phi) is 6.59. The maximum atomic E-state index is 13.6. The lowest BCUT2D eigenvalue weighted by molar-refractivity contribution is 0.102. The van der Waals surface area contributed by atoms with Gasteiger partial charge in [0.25, 0.3) is 5.91 Å². The summed E-state index contributed by atoms with van der Waals surface area (Å²) in [6.07, 6.45) is 1.68. The summed E-state index contributed by atoms with van der Waals surface area (Å²) in [4.78, 5) is 18.4. The number of carbonyl (C=O) groups is 1. The van der Waals surface area contributed by atoms with E-state index in [2.05, 4.69) is 31.3 Å². The van der Waals surface area contributed by atoms with Crippen LogP contribution in [0.25, 0.3) is 22.2 Å². The van der Waals surface area contributed by atoms with Gasteiger partial charge in [0.2, 0.25) is 0 Å². The maximum absolute atomic E-state index is 13.6. The second kappa shape index (κ2) is 9.74. The summed E-state index contributed by atoms with van der Waals surface area (Å²) in [6.45, 7) is 4.20. The number of nitrogens with zero attached hydrogens (tertiary/aromatic N) is 1. The molecule has 0 aliphatic carbocycles. The van der Waals surface area contributed by atoms with Crippen molar-refractivity contribution >= 4 is 22.5 Å². The van der Waals surface area contributed by atoms with Gasteiger partial charge in [-0.15, -0.1) is 0 Å². The number of pyridine rings is 1. The number of methoxy groups -OCH3 is 2. The molecule has 0 aliphatic heterocycles. The number of hydrogen-bond donors (Lipinski definition) is 1. The first-order valence-corrected chi connectivity index (χ1v) is 11.1. The van der Waals surface area contributed by atoms with E-state index in [1.807, 2.05) is 54.6 Å². The summed E-state index contributed by atoms with van der Waals surface area (Å²) in [6, 6.07) is 21.3. The average molecular weight is 441 g/mol. The van der Waals surface area contributed by atoms with Crippen LogP contribution in [0.3, 0.4) is 0 Å². The lowest BCUT2D eigenvalue weighted by Crippen LogP contribution is -2.16. The minimum atomic E-state index is -0.155. The number of hydrogen-bond acceptors (Lipinski definition) is 4. The molecule has 3 aromatic carbocycles. The maximum Gasteiger partial charge on any atom is 0.256 e. The predicted octanol–water partition coefficient (Wildman–Crippen LogP) is 6.30. The number of aryl methyl sites for hydroxylation is 2. The van der Waals surface area contributed by atoms with Crippen LogP contribution in [0.15, 0.2) is 66.7 Å². The van der Waals surface area contributed by atoms with Crippen molar-refractivity contribution in [3.05, 3.63) is 83.4 Å². The molecule has 0 fully saturated rings. The molecule has 1 N–H and O–H groups in total. The third-order valence-electron chi connectivity index (χ3n) is 5.88. The molecule has 1 aromatic heterocycles. The minimum absolute atomic E-state index is 0.155. The van der Waals surface area contributed by atoms with Gasteiger partial charge in [-0.3, -0.25) is 4.79 Å². The van der Waals surface area contributed by atoms with Gasteiger partial charge >= 0.3 is 0 Å². The Morgan fingerprint density at radius 2 is 1.61 bits per heavy atom. The normalized spacial score (nSPS) is 10.8. The average Bonchev–Trinajstić information content (AvgIpc) is 2.87. The monoisotopic (exact) mass is 440 g/mol. The van der Waals surface area contributed by atoms with E-state index in [0.717, 1.165) is 46.1 Å². The van der Waals surface area contributed by atoms with Crippen LogP contribution in [0.5, 0.6) is 11.5 Å². The molecule has 0 saturated carbocycles. The fourth-order valence-electron chi connectivity index (χ4n) is 4.10. The van der Waals surface area contributed by atoms with Crippen molar-refractivity contribution in [1.82, 2.24) is 4.98 Å². The van der Waals surface area contributed by atoms with Crippen molar-refractivity contribution in [3.8, 4) is 22.8 Å². The number of ether oxygens (including phenoxy) is 2. The Labute approximate surface area is 194 Å². The minimum Gasteiger partial charge on any atom is -0.497 e. The summed E-state index contributed by atoms with van der Waals surface area (Å²) < 4.78 is 10.9. The second-order valence-corrected chi connectivity index (χ2v) is 7.75. The molecular formula is C28H28N2O3. The summed E-state index contributed by atoms with van der Waals surface area (Å²) in [5, 5.41) is 4.00. The number of aromatic nitrogens is 1. The van der Waals surface area contributed by atoms with E-state index in [1.54, 1.807) is 14.2 Å². The number of anilines is 1. The van der Waals surface area contributed by atoms with Gasteiger partial charge in [-0.25, -0.2) is 4.98 Å². The Hall–Kier alpha value is -3.86. The van der Waals surface area contributed by atoms with Crippen molar-refractivity contribution in [2.24, 2.45) is 0 Å². The fourth-order valence-corrected chi connectivity index (χ4v) is 4.10. The fraction of sp³-hybridized carbons (Fsp3) is 0.214. The zero-order valence-electron chi connectivity index (χ0n) is 19.4. The highest BCUT2D eigenvalue weighted by molar-refractivity contribution is 6.13. The third-order valence-corrected chi connectivity index (χ3v) is 5.88. The Bertz CT molecular complexity index is 1290. The van der Waals surface area contributed by atoms with E-state index < -0.39 is 0 Å². The molecule has 0 bridgehead atoms. The second-order valence-electron chi connectivity index (χ2n) is 7.75. The largest absolute Gasteiger partial charge is 0.497 e. The topological polar surface area (TPSA) is 60.5 Å². The first-order valence-electron chi connectivity index (χ1n) is 11.1. The first kappa shape index (κ1) is 22.3. The summed E-state index contributed by atoms with van der Waals surface area (Å²) >= 11 is 0. The van der Waals surface area contributed by atoms with E-state index in [-0.39, 0.29) is 5.91 Å². The Balaban J connectivity index is 1.85. The molecule has 5 nitrogen and oxygen atoms in total. The van der Waals surface area contributed by atoms with Gasteiger partial charge < -0.3 is 14.8 Å². The number of para-hydroxylation sites is 2. The Morgan fingerprint density at radius 3 is 2.27 bits per heavy atom. The molecule has 0 radical (unpaired) electrons. The van der Waals surface area contributed by atoms with E-state index >= 15 is 0 Å². The molecule has 0 aliphatic rings. The van der Waals surface area contributed by atoms with Crippen LogP contribution in [-0.4, -0.2) is 25.1 Å². The molecule has 168 valence electrons. The molecule has 0 atom stereocenters. The lowest BCUT2D eigenvalue weighted by atomic mass is 10.0. The molecule has 0 unspecified atom stereocenters. The van der Waals surface area contributed by atoms with Crippen molar-refractivity contribution in [2.75, 3.05) is 19.5 Å². The van der Waals surface area contributed by atoms with Gasteiger partial charge in [-0.05, 0) is 48.2 Å². The van der Waals surface area contributed by atoms with Gasteiger partial charge in [0.15, 0.2) is 0 Å². The van der Waals surface area contributed by atoms with E-state index in [1.165, 1.54) is 0 Å². The SMILES string of the molecule is CCc1cccc(CC)c1NC(=O)c1cc(-c2ccc(OC)cc2OC)nc2ccccc12. The van der Waals surface area contributed by atoms with E-state index in [9.17, 15) is 4.79 Å². The van der Waals surface area contributed by atoms with Crippen molar-refractivity contribution in [1.29, 1.82) is 0 Å². The number of amides is 1. The standard InChI is InChI=1S/C28H28N2O3/c1-5-18-10-9-11-19(6-2)27(18)30-28(31)23-17-25(29-24-13-8-7-12-21(23)24)22-15-14-20(32-3)16-26(22)33-4/h7-17H,5-6H2,1-4H3,(H,30,31). The van der Waals surface area contributed by atoms with E-state index in [0.29, 0.717) is 22.8 Å². The molecule has 4 rings (SSSR count). The van der Waals surface area contributed by atoms with Crippen LogP contribution in [0, 0.1) is 0 Å².